The summed E-state index contributed by atoms with van der Waals surface area (Å²) in [7, 11) is 0. The molecule has 3 aliphatic rings. The number of carboxylic acid groups (broad SMARTS) is 1. The normalized spacial score (nSPS) is 21.9. The van der Waals surface area contributed by atoms with Crippen LogP contribution in [0.5, 0.6) is 0 Å². The predicted molar refractivity (Wildman–Crippen MR) is 166 cm³/mol. The lowest BCUT2D eigenvalue weighted by Gasteiger charge is -2.20. The quantitative estimate of drug-likeness (QED) is 0.0544. The molecule has 3 saturated heterocycles. The van der Waals surface area contributed by atoms with Crippen molar-refractivity contribution in [3.8, 4) is 0 Å². The van der Waals surface area contributed by atoms with Gasteiger partial charge in [-0.05, 0) is 32.6 Å². The Morgan fingerprint density at radius 1 is 0.830 bits per heavy atom. The third kappa shape index (κ3) is 13.6. The molecule has 4 atom stereocenters. The van der Waals surface area contributed by atoms with Crippen LogP contribution in [0.1, 0.15) is 84.0 Å². The molecular weight excluding hydrogens is 640 g/mol. The number of nitrogens with zero attached hydrogens (tertiary/aromatic N) is 2. The number of urea groups is 1. The fraction of sp³-hybridized carbons (Fsp3) is 0.800. The molecule has 3 N–H and O–H groups in total. The Morgan fingerprint density at radius 3 is 2.13 bits per heavy atom. The first-order valence-electron chi connectivity index (χ1n) is 16.4. The van der Waals surface area contributed by atoms with Gasteiger partial charge < -0.3 is 34.8 Å². The monoisotopic (exact) mass is 688 g/mol. The van der Waals surface area contributed by atoms with Crippen LogP contribution in [0.4, 0.5) is 4.79 Å². The number of unbranched alkanes of at least 4 members (excludes halogenated alkanes) is 4. The van der Waals surface area contributed by atoms with E-state index in [2.05, 4.69) is 10.6 Å². The molecule has 47 heavy (non-hydrogen) atoms. The number of thioether (sulfide) groups is 1. The van der Waals surface area contributed by atoms with Crippen molar-refractivity contribution in [3.05, 3.63) is 0 Å². The molecule has 0 unspecified atom stereocenters. The zero-order valence-corrected chi connectivity index (χ0v) is 27.8. The van der Waals surface area contributed by atoms with Gasteiger partial charge in [-0.3, -0.25) is 24.0 Å². The molecule has 3 heterocycles. The van der Waals surface area contributed by atoms with Crippen molar-refractivity contribution in [1.29, 1.82) is 0 Å². The van der Waals surface area contributed by atoms with Gasteiger partial charge in [0, 0.05) is 43.9 Å². The van der Waals surface area contributed by atoms with E-state index in [4.69, 9.17) is 29.0 Å². The van der Waals surface area contributed by atoms with Crippen LogP contribution in [-0.2, 0) is 47.9 Å². The third-order valence-corrected chi connectivity index (χ3v) is 9.33. The SMILES string of the molecule is CCN(OCCOCCOCCO[C@@H]1S[C@@H](CCCCC(=O)O)[C@H]2NC(=O)N[C@H]21)C(=O)CCCCCCC(=O)ON1C(=O)CCC1=O. The minimum atomic E-state index is -0.801. The highest BCUT2D eigenvalue weighted by Gasteiger charge is 2.49. The van der Waals surface area contributed by atoms with Crippen LogP contribution in [0.3, 0.4) is 0 Å². The molecule has 5 amide bonds. The van der Waals surface area contributed by atoms with E-state index in [0.29, 0.717) is 70.1 Å². The molecule has 0 aliphatic carbocycles. The number of carbonyl (C=O) groups excluding carboxylic acids is 5. The number of carboxylic acids is 1. The van der Waals surface area contributed by atoms with Crippen molar-refractivity contribution in [2.24, 2.45) is 0 Å². The number of amides is 5. The average molecular weight is 689 g/mol. The van der Waals surface area contributed by atoms with Gasteiger partial charge in [-0.25, -0.2) is 14.7 Å². The van der Waals surface area contributed by atoms with Crippen molar-refractivity contribution >= 4 is 47.5 Å². The first kappa shape index (κ1) is 38.5. The van der Waals surface area contributed by atoms with Gasteiger partial charge in [-0.1, -0.05) is 19.3 Å². The van der Waals surface area contributed by atoms with E-state index in [9.17, 15) is 28.8 Å². The minimum absolute atomic E-state index is 0.0442. The predicted octanol–water partition coefficient (Wildman–Crippen LogP) is 1.90. The zero-order valence-electron chi connectivity index (χ0n) is 27.0. The van der Waals surface area contributed by atoms with Crippen molar-refractivity contribution in [2.45, 2.75) is 107 Å². The molecule has 0 aromatic carbocycles. The number of hydroxylamine groups is 4. The minimum Gasteiger partial charge on any atom is -0.481 e. The smallest absolute Gasteiger partial charge is 0.333 e. The Hall–Kier alpha value is -2.99. The Labute approximate surface area is 278 Å². The lowest BCUT2D eigenvalue weighted by Crippen LogP contribution is -2.40. The first-order valence-corrected chi connectivity index (χ1v) is 17.3. The number of hydrogen-bond donors (Lipinski definition) is 3. The summed E-state index contributed by atoms with van der Waals surface area (Å²) in [5.74, 6) is -2.55. The van der Waals surface area contributed by atoms with Crippen molar-refractivity contribution in [2.75, 3.05) is 46.2 Å². The Morgan fingerprint density at radius 2 is 1.45 bits per heavy atom. The summed E-state index contributed by atoms with van der Waals surface area (Å²) in [6.07, 6.45) is 5.45. The lowest BCUT2D eigenvalue weighted by atomic mass is 10.0. The molecular formula is C30H48N4O12S. The van der Waals surface area contributed by atoms with Gasteiger partial charge in [0.2, 0.25) is 5.91 Å². The summed E-state index contributed by atoms with van der Waals surface area (Å²) in [5, 5.41) is 16.7. The van der Waals surface area contributed by atoms with Gasteiger partial charge in [0.15, 0.2) is 0 Å². The van der Waals surface area contributed by atoms with E-state index < -0.39 is 23.8 Å². The fourth-order valence-electron chi connectivity index (χ4n) is 5.36. The van der Waals surface area contributed by atoms with E-state index >= 15 is 0 Å². The van der Waals surface area contributed by atoms with Crippen LogP contribution in [-0.4, -0.2) is 120 Å². The van der Waals surface area contributed by atoms with Gasteiger partial charge in [0.1, 0.15) is 5.44 Å². The maximum absolute atomic E-state index is 12.4. The Bertz CT molecular complexity index is 1050. The number of aliphatic carboxylic acids is 1. The standard InChI is InChI=1S/C30H48N4O12S/c1-2-33(22(35)10-5-3-4-6-12-26(40)46-34-23(36)13-14-24(34)37)45-20-18-43-16-15-42-17-19-44-29-28-27(31-30(41)32-28)21(47-29)9-7-8-11-25(38)39/h21,27-29H,2-20H2,1H3,(H,38,39)(H2,31,32,41)/t21-,27+,28+,29+/m0/s1. The zero-order chi connectivity index (χ0) is 34.0. The van der Waals surface area contributed by atoms with Gasteiger partial charge in [-0.15, -0.1) is 16.8 Å². The molecule has 0 radical (unpaired) electrons. The maximum atomic E-state index is 12.4. The van der Waals surface area contributed by atoms with E-state index in [0.717, 1.165) is 19.3 Å². The largest absolute Gasteiger partial charge is 0.481 e. The molecule has 17 heteroatoms. The van der Waals surface area contributed by atoms with Crippen LogP contribution in [0, 0.1) is 0 Å². The molecule has 3 rings (SSSR count). The van der Waals surface area contributed by atoms with E-state index in [-0.39, 0.29) is 73.6 Å². The molecule has 0 spiro atoms. The third-order valence-electron chi connectivity index (χ3n) is 7.76. The van der Waals surface area contributed by atoms with Crippen molar-refractivity contribution < 1.29 is 57.8 Å². The second-order valence-electron chi connectivity index (χ2n) is 11.3. The number of rotatable bonds is 25. The van der Waals surface area contributed by atoms with E-state index in [1.54, 1.807) is 11.8 Å². The van der Waals surface area contributed by atoms with Crippen LogP contribution in [0.25, 0.3) is 0 Å². The number of imide groups is 1. The maximum Gasteiger partial charge on any atom is 0.333 e. The molecule has 0 aromatic heterocycles. The number of fused-ring (bicyclic) bond motifs is 1. The van der Waals surface area contributed by atoms with Gasteiger partial charge in [-0.2, -0.15) is 0 Å². The summed E-state index contributed by atoms with van der Waals surface area (Å²) in [4.78, 5) is 80.2. The second-order valence-corrected chi connectivity index (χ2v) is 12.7. The van der Waals surface area contributed by atoms with Gasteiger partial charge in [0.05, 0.1) is 51.7 Å². The van der Waals surface area contributed by atoms with E-state index in [1.165, 1.54) is 5.06 Å². The van der Waals surface area contributed by atoms with Crippen LogP contribution < -0.4 is 10.6 Å². The molecule has 3 fully saturated rings. The Balaban J connectivity index is 1.14. The summed E-state index contributed by atoms with van der Waals surface area (Å²) in [5.41, 5.74) is -0.206. The topological polar surface area (TPSA) is 199 Å². The van der Waals surface area contributed by atoms with Crippen LogP contribution in [0.2, 0.25) is 0 Å². The Kier molecular flexibility index (Phi) is 17.2. The highest BCUT2D eigenvalue weighted by Crippen LogP contribution is 2.39. The highest BCUT2D eigenvalue weighted by molar-refractivity contribution is 8.00. The van der Waals surface area contributed by atoms with E-state index in [1.807, 2.05) is 6.92 Å². The molecule has 0 aromatic rings. The van der Waals surface area contributed by atoms with Crippen LogP contribution >= 0.6 is 11.8 Å². The number of ether oxygens (including phenoxy) is 3. The summed E-state index contributed by atoms with van der Waals surface area (Å²) in [6, 6.07) is -0.393. The molecule has 3 aliphatic heterocycles. The van der Waals surface area contributed by atoms with Crippen molar-refractivity contribution in [3.63, 3.8) is 0 Å². The lowest BCUT2D eigenvalue weighted by molar-refractivity contribution is -0.197. The summed E-state index contributed by atoms with van der Waals surface area (Å²) < 4.78 is 17.1. The number of hydrogen-bond acceptors (Lipinski definition) is 12. The second kappa shape index (κ2) is 21.1. The van der Waals surface area contributed by atoms with Crippen molar-refractivity contribution in [1.82, 2.24) is 20.8 Å². The van der Waals surface area contributed by atoms with Gasteiger partial charge in [0.25, 0.3) is 11.8 Å². The molecule has 266 valence electrons. The fourth-order valence-corrected chi connectivity index (χ4v) is 7.00. The number of nitrogens with one attached hydrogen (secondary N) is 2. The molecule has 0 bridgehead atoms. The molecule has 16 nitrogen and oxygen atoms in total. The summed E-state index contributed by atoms with van der Waals surface area (Å²) in [6.45, 7) is 4.15. The van der Waals surface area contributed by atoms with Gasteiger partial charge >= 0.3 is 18.0 Å². The number of carbonyl (C=O) groups is 6. The summed E-state index contributed by atoms with van der Waals surface area (Å²) >= 11 is 1.66. The highest BCUT2D eigenvalue weighted by atomic mass is 32.2. The molecule has 0 saturated carbocycles. The first-order chi connectivity index (χ1) is 22.7. The van der Waals surface area contributed by atoms with Crippen LogP contribution in [0.15, 0.2) is 0 Å². The average Bonchev–Trinajstić information content (AvgIpc) is 3.68.